The van der Waals surface area contributed by atoms with E-state index in [-0.39, 0.29) is 24.5 Å². The summed E-state index contributed by atoms with van der Waals surface area (Å²) in [4.78, 5) is 70.5. The lowest BCUT2D eigenvalue weighted by Gasteiger charge is -2.24. The number of thiol groups is 1. The normalized spacial score (nSPS) is 14.6. The fourth-order valence-corrected chi connectivity index (χ4v) is 2.52. The average Bonchev–Trinajstić information content (AvgIpc) is 2.66. The largest absolute Gasteiger partial charge is 0.480 e. The first-order valence-electron chi connectivity index (χ1n) is 9.37. The lowest BCUT2D eigenvalue weighted by molar-refractivity contribution is -0.144. The third kappa shape index (κ3) is 10.6. The van der Waals surface area contributed by atoms with E-state index >= 15 is 0 Å². The Balaban J connectivity index is 5.38. The van der Waals surface area contributed by atoms with Crippen LogP contribution >= 0.6 is 12.6 Å². The third-order valence-corrected chi connectivity index (χ3v) is 4.53. The maximum absolute atomic E-state index is 12.6. The van der Waals surface area contributed by atoms with Gasteiger partial charge in [-0.25, -0.2) is 4.79 Å². The summed E-state index contributed by atoms with van der Waals surface area (Å²) in [5.74, 6) is -5.98. The first kappa shape index (κ1) is 28.1. The molecule has 0 heterocycles. The van der Waals surface area contributed by atoms with E-state index in [0.717, 1.165) is 0 Å². The van der Waals surface area contributed by atoms with Crippen LogP contribution in [0.25, 0.3) is 0 Å². The first-order valence-corrected chi connectivity index (χ1v) is 10.00. The minimum atomic E-state index is -1.64. The monoisotopic (exact) mass is 462 g/mol. The second-order valence-electron chi connectivity index (χ2n) is 7.15. The Bertz CT molecular complexity index is 702. The molecule has 0 radical (unpaired) electrons. The Kier molecular flexibility index (Phi) is 12.2. The molecule has 10 N–H and O–H groups in total. The number of nitrogens with two attached hydrogens (primary N) is 3. The SMILES string of the molecule is CC(C)C(N)C(=O)NC(CS)C(=O)NC(CCC(N)=O)C(=O)NC(CC(N)=O)C(=O)O. The zero-order chi connectivity index (χ0) is 24.3. The van der Waals surface area contributed by atoms with Gasteiger partial charge in [-0.05, 0) is 12.3 Å². The summed E-state index contributed by atoms with van der Waals surface area (Å²) in [7, 11) is 0. The average molecular weight is 463 g/mol. The Labute approximate surface area is 184 Å². The van der Waals surface area contributed by atoms with Gasteiger partial charge in [0, 0.05) is 12.2 Å². The number of hydrogen-bond donors (Lipinski definition) is 8. The predicted molar refractivity (Wildman–Crippen MR) is 112 cm³/mol. The highest BCUT2D eigenvalue weighted by molar-refractivity contribution is 7.80. The molecule has 14 heteroatoms. The molecule has 5 amide bonds. The topological polar surface area (TPSA) is 237 Å². The van der Waals surface area contributed by atoms with Crippen molar-refractivity contribution < 1.29 is 33.9 Å². The van der Waals surface area contributed by atoms with Crippen LogP contribution in [0.15, 0.2) is 0 Å². The van der Waals surface area contributed by atoms with Gasteiger partial charge < -0.3 is 38.3 Å². The molecular weight excluding hydrogens is 432 g/mol. The van der Waals surface area contributed by atoms with E-state index < -0.39 is 66.1 Å². The molecule has 0 spiro atoms. The van der Waals surface area contributed by atoms with Crippen molar-refractivity contribution in [3.63, 3.8) is 0 Å². The Hall–Kier alpha value is -2.87. The van der Waals surface area contributed by atoms with Crippen LogP contribution in [0, 0.1) is 5.92 Å². The van der Waals surface area contributed by atoms with E-state index in [2.05, 4.69) is 28.6 Å². The smallest absolute Gasteiger partial charge is 0.326 e. The fraction of sp³-hybridized carbons (Fsp3) is 0.647. The minimum Gasteiger partial charge on any atom is -0.480 e. The van der Waals surface area contributed by atoms with Crippen molar-refractivity contribution >= 4 is 48.1 Å². The standard InChI is InChI=1S/C17H30N6O7S/c1-7(2)13(20)16(28)23-10(6-31)15(27)21-8(3-4-11(18)24)14(26)22-9(17(29)30)5-12(19)25/h7-10,13,31H,3-6,20H2,1-2H3,(H2,18,24)(H2,19,25)(H,21,27)(H,22,26)(H,23,28)(H,29,30). The Morgan fingerprint density at radius 3 is 1.74 bits per heavy atom. The number of rotatable bonds is 14. The molecule has 4 atom stereocenters. The summed E-state index contributed by atoms with van der Waals surface area (Å²) in [5.41, 5.74) is 15.8. The summed E-state index contributed by atoms with van der Waals surface area (Å²) < 4.78 is 0. The van der Waals surface area contributed by atoms with Crippen molar-refractivity contribution in [2.24, 2.45) is 23.1 Å². The van der Waals surface area contributed by atoms with Crippen LogP contribution in [0.2, 0.25) is 0 Å². The van der Waals surface area contributed by atoms with Crippen molar-refractivity contribution in [3.8, 4) is 0 Å². The highest BCUT2D eigenvalue weighted by Gasteiger charge is 2.30. The molecule has 0 fully saturated rings. The summed E-state index contributed by atoms with van der Waals surface area (Å²) in [6.07, 6.45) is -1.24. The van der Waals surface area contributed by atoms with Gasteiger partial charge in [-0.1, -0.05) is 13.8 Å². The molecular formula is C17H30N6O7S. The van der Waals surface area contributed by atoms with Gasteiger partial charge in [0.15, 0.2) is 0 Å². The molecule has 0 aliphatic heterocycles. The molecule has 0 aliphatic carbocycles. The number of amides is 5. The van der Waals surface area contributed by atoms with Crippen molar-refractivity contribution in [2.75, 3.05) is 5.75 Å². The maximum atomic E-state index is 12.6. The second kappa shape index (κ2) is 13.4. The van der Waals surface area contributed by atoms with Crippen molar-refractivity contribution in [1.29, 1.82) is 0 Å². The molecule has 0 aliphatic rings. The molecule has 0 aromatic rings. The van der Waals surface area contributed by atoms with Crippen LogP contribution in [0.5, 0.6) is 0 Å². The van der Waals surface area contributed by atoms with Crippen LogP contribution in [0.4, 0.5) is 0 Å². The zero-order valence-electron chi connectivity index (χ0n) is 17.3. The van der Waals surface area contributed by atoms with Gasteiger partial charge in [0.2, 0.25) is 29.5 Å². The van der Waals surface area contributed by atoms with E-state index in [1.54, 1.807) is 13.8 Å². The summed E-state index contributed by atoms with van der Waals surface area (Å²) in [6.45, 7) is 3.43. The van der Waals surface area contributed by atoms with Crippen LogP contribution in [0.3, 0.4) is 0 Å². The number of primary amides is 2. The number of hydrogen-bond acceptors (Lipinski definition) is 8. The lowest BCUT2D eigenvalue weighted by Crippen LogP contribution is -2.58. The third-order valence-electron chi connectivity index (χ3n) is 4.17. The van der Waals surface area contributed by atoms with E-state index in [1.165, 1.54) is 0 Å². The van der Waals surface area contributed by atoms with Gasteiger partial charge in [0.1, 0.15) is 18.1 Å². The number of carboxylic acids is 1. The molecule has 0 rings (SSSR count). The van der Waals surface area contributed by atoms with Crippen LogP contribution in [0.1, 0.15) is 33.1 Å². The highest BCUT2D eigenvalue weighted by atomic mass is 32.1. The van der Waals surface area contributed by atoms with Gasteiger partial charge in [-0.3, -0.25) is 24.0 Å². The number of aliphatic carboxylic acids is 1. The fourth-order valence-electron chi connectivity index (χ4n) is 2.27. The molecule has 0 aromatic heterocycles. The maximum Gasteiger partial charge on any atom is 0.326 e. The van der Waals surface area contributed by atoms with Crippen LogP contribution in [-0.4, -0.2) is 70.5 Å². The zero-order valence-corrected chi connectivity index (χ0v) is 18.2. The van der Waals surface area contributed by atoms with E-state index in [4.69, 9.17) is 22.3 Å². The number of carbonyl (C=O) groups is 6. The van der Waals surface area contributed by atoms with E-state index in [1.807, 2.05) is 0 Å². The van der Waals surface area contributed by atoms with Gasteiger partial charge >= 0.3 is 5.97 Å². The number of carbonyl (C=O) groups excluding carboxylic acids is 5. The number of carboxylic acid groups (broad SMARTS) is 1. The summed E-state index contributed by atoms with van der Waals surface area (Å²) in [6, 6.07) is -5.06. The molecule has 0 saturated carbocycles. The van der Waals surface area contributed by atoms with Gasteiger partial charge in [0.05, 0.1) is 12.5 Å². The van der Waals surface area contributed by atoms with Crippen molar-refractivity contribution in [1.82, 2.24) is 16.0 Å². The lowest BCUT2D eigenvalue weighted by atomic mass is 10.0. The number of nitrogens with one attached hydrogen (secondary N) is 3. The first-order chi connectivity index (χ1) is 14.3. The van der Waals surface area contributed by atoms with Crippen molar-refractivity contribution in [2.45, 2.75) is 57.3 Å². The summed E-state index contributed by atoms with van der Waals surface area (Å²) in [5, 5.41) is 15.9. The van der Waals surface area contributed by atoms with E-state index in [9.17, 15) is 28.8 Å². The molecule has 0 aromatic carbocycles. The quantitative estimate of drug-likeness (QED) is 0.121. The molecule has 0 bridgehead atoms. The second-order valence-corrected chi connectivity index (χ2v) is 7.51. The molecule has 13 nitrogen and oxygen atoms in total. The Morgan fingerprint density at radius 1 is 0.839 bits per heavy atom. The van der Waals surface area contributed by atoms with Crippen molar-refractivity contribution in [3.05, 3.63) is 0 Å². The molecule has 0 saturated heterocycles. The minimum absolute atomic E-state index is 0.133. The van der Waals surface area contributed by atoms with Gasteiger partial charge in [-0.15, -0.1) is 0 Å². The Morgan fingerprint density at radius 2 is 1.32 bits per heavy atom. The van der Waals surface area contributed by atoms with Crippen LogP contribution < -0.4 is 33.2 Å². The van der Waals surface area contributed by atoms with Gasteiger partial charge in [-0.2, -0.15) is 12.6 Å². The highest BCUT2D eigenvalue weighted by Crippen LogP contribution is 2.03. The summed E-state index contributed by atoms with van der Waals surface area (Å²) >= 11 is 4.01. The molecule has 176 valence electrons. The predicted octanol–water partition coefficient (Wildman–Crippen LogP) is -3.42. The van der Waals surface area contributed by atoms with E-state index in [0.29, 0.717) is 0 Å². The van der Waals surface area contributed by atoms with Gasteiger partial charge in [0.25, 0.3) is 0 Å². The molecule has 31 heavy (non-hydrogen) atoms. The molecule has 4 unspecified atom stereocenters. The van der Waals surface area contributed by atoms with Crippen LogP contribution in [-0.2, 0) is 28.8 Å².